The molecule has 0 radical (unpaired) electrons. The Bertz CT molecular complexity index is 509. The van der Waals surface area contributed by atoms with Gasteiger partial charge in [0.05, 0.1) is 17.4 Å². The van der Waals surface area contributed by atoms with Crippen molar-refractivity contribution >= 4 is 5.88 Å². The lowest BCUT2D eigenvalue weighted by molar-refractivity contribution is 0.0714. The average Bonchev–Trinajstić information content (AvgIpc) is 2.73. The first-order valence-electron chi connectivity index (χ1n) is 5.97. The van der Waals surface area contributed by atoms with Crippen LogP contribution in [-0.2, 0) is 6.42 Å². The fraction of sp³-hybridized carbons (Fsp3) is 0.357. The molecule has 0 saturated heterocycles. The lowest BCUT2D eigenvalue weighted by atomic mass is 9.97. The maximum absolute atomic E-state index is 9.68. The van der Waals surface area contributed by atoms with Gasteiger partial charge in [-0.05, 0) is 37.8 Å². The molecule has 4 nitrogen and oxygen atoms in total. The van der Waals surface area contributed by atoms with E-state index in [-0.39, 0.29) is 0 Å². The minimum atomic E-state index is -0.627. The molecule has 0 aliphatic rings. The van der Waals surface area contributed by atoms with Crippen LogP contribution < -0.4 is 5.73 Å². The lowest BCUT2D eigenvalue weighted by Gasteiger charge is -2.16. The summed E-state index contributed by atoms with van der Waals surface area (Å²) in [5.41, 5.74) is 8.02. The maximum atomic E-state index is 9.68. The van der Waals surface area contributed by atoms with Crippen LogP contribution in [0.2, 0.25) is 0 Å². The van der Waals surface area contributed by atoms with Gasteiger partial charge in [-0.2, -0.15) is 0 Å². The fourth-order valence-corrected chi connectivity index (χ4v) is 1.77. The molecule has 0 aliphatic carbocycles. The molecule has 2 rings (SSSR count). The summed E-state index contributed by atoms with van der Waals surface area (Å²) in [6.45, 7) is 3.64. The summed E-state index contributed by atoms with van der Waals surface area (Å²) in [5, 5.41) is 13.3. The molecule has 1 aromatic carbocycles. The van der Waals surface area contributed by atoms with Gasteiger partial charge in [0.15, 0.2) is 0 Å². The zero-order valence-electron chi connectivity index (χ0n) is 10.7. The third-order valence-electron chi connectivity index (χ3n) is 2.89. The van der Waals surface area contributed by atoms with Gasteiger partial charge in [0.25, 0.3) is 0 Å². The predicted octanol–water partition coefficient (Wildman–Crippen LogP) is 2.63. The number of aliphatic hydroxyl groups is 1. The molecule has 0 aliphatic heterocycles. The van der Waals surface area contributed by atoms with Crippen molar-refractivity contribution in [2.24, 2.45) is 0 Å². The monoisotopic (exact) mass is 246 g/mol. The Balaban J connectivity index is 2.09. The van der Waals surface area contributed by atoms with Gasteiger partial charge in [-0.3, -0.25) is 0 Å². The molecule has 0 bridgehead atoms. The summed E-state index contributed by atoms with van der Waals surface area (Å²) in [6, 6.07) is 8.05. The number of nitrogens with two attached hydrogens (primary N) is 1. The molecule has 0 amide bonds. The quantitative estimate of drug-likeness (QED) is 0.869. The Morgan fingerprint density at radius 2 is 1.94 bits per heavy atom. The molecule has 0 fully saturated rings. The first-order valence-corrected chi connectivity index (χ1v) is 5.97. The van der Waals surface area contributed by atoms with E-state index < -0.39 is 5.60 Å². The van der Waals surface area contributed by atoms with Crippen LogP contribution in [0.25, 0.3) is 11.1 Å². The maximum Gasteiger partial charge on any atom is 0.229 e. The Kier molecular flexibility index (Phi) is 3.39. The summed E-state index contributed by atoms with van der Waals surface area (Å²) in [6.07, 6.45) is 3.20. The van der Waals surface area contributed by atoms with E-state index in [0.717, 1.165) is 24.0 Å². The third-order valence-corrected chi connectivity index (χ3v) is 2.89. The zero-order valence-corrected chi connectivity index (χ0v) is 10.7. The molecule has 3 N–H and O–H groups in total. The van der Waals surface area contributed by atoms with Crippen molar-refractivity contribution in [2.75, 3.05) is 5.73 Å². The number of benzene rings is 1. The Morgan fingerprint density at radius 1 is 1.28 bits per heavy atom. The molecule has 2 aromatic rings. The van der Waals surface area contributed by atoms with E-state index in [0.29, 0.717) is 5.88 Å². The Morgan fingerprint density at radius 3 is 2.44 bits per heavy atom. The topological polar surface area (TPSA) is 72.3 Å². The molecule has 0 saturated carbocycles. The van der Waals surface area contributed by atoms with Gasteiger partial charge in [-0.15, -0.1) is 0 Å². The molecular weight excluding hydrogens is 228 g/mol. The highest BCUT2D eigenvalue weighted by molar-refractivity contribution is 5.71. The van der Waals surface area contributed by atoms with Crippen LogP contribution in [0.1, 0.15) is 25.8 Å². The van der Waals surface area contributed by atoms with Crippen LogP contribution in [0.3, 0.4) is 0 Å². The SMILES string of the molecule is CC(C)(O)CCc1ccc(-c2cnoc2N)cc1. The minimum absolute atomic E-state index is 0.333. The average molecular weight is 246 g/mol. The number of anilines is 1. The number of hydrogen-bond acceptors (Lipinski definition) is 4. The number of hydrogen-bond donors (Lipinski definition) is 2. The van der Waals surface area contributed by atoms with Crippen molar-refractivity contribution in [1.29, 1.82) is 0 Å². The van der Waals surface area contributed by atoms with Crippen LogP contribution in [0, 0.1) is 0 Å². The van der Waals surface area contributed by atoms with E-state index in [1.807, 2.05) is 38.1 Å². The van der Waals surface area contributed by atoms with Crippen molar-refractivity contribution < 1.29 is 9.63 Å². The van der Waals surface area contributed by atoms with Crippen molar-refractivity contribution in [1.82, 2.24) is 5.16 Å². The molecule has 1 heterocycles. The molecule has 18 heavy (non-hydrogen) atoms. The van der Waals surface area contributed by atoms with Gasteiger partial charge < -0.3 is 15.4 Å². The van der Waals surface area contributed by atoms with Crippen molar-refractivity contribution in [3.63, 3.8) is 0 Å². The Hall–Kier alpha value is -1.81. The van der Waals surface area contributed by atoms with Crippen LogP contribution >= 0.6 is 0 Å². The summed E-state index contributed by atoms with van der Waals surface area (Å²) in [7, 11) is 0. The molecule has 0 spiro atoms. The molecule has 0 atom stereocenters. The summed E-state index contributed by atoms with van der Waals surface area (Å²) >= 11 is 0. The fourth-order valence-electron chi connectivity index (χ4n) is 1.77. The summed E-state index contributed by atoms with van der Waals surface area (Å²) in [4.78, 5) is 0. The smallest absolute Gasteiger partial charge is 0.229 e. The van der Waals surface area contributed by atoms with Crippen LogP contribution in [0.4, 0.5) is 5.88 Å². The van der Waals surface area contributed by atoms with Gasteiger partial charge in [-0.1, -0.05) is 29.4 Å². The highest BCUT2D eigenvalue weighted by atomic mass is 16.5. The molecule has 1 aromatic heterocycles. The summed E-state index contributed by atoms with van der Waals surface area (Å²) < 4.78 is 4.84. The third kappa shape index (κ3) is 3.11. The van der Waals surface area contributed by atoms with E-state index in [4.69, 9.17) is 10.3 Å². The van der Waals surface area contributed by atoms with Gasteiger partial charge in [0.2, 0.25) is 5.88 Å². The van der Waals surface area contributed by atoms with Gasteiger partial charge in [0.1, 0.15) is 0 Å². The Labute approximate surface area is 106 Å². The second-order valence-corrected chi connectivity index (χ2v) is 5.11. The van der Waals surface area contributed by atoms with E-state index in [1.165, 1.54) is 5.56 Å². The molecule has 0 unspecified atom stereocenters. The van der Waals surface area contributed by atoms with Crippen molar-refractivity contribution in [2.45, 2.75) is 32.3 Å². The van der Waals surface area contributed by atoms with E-state index in [9.17, 15) is 5.11 Å². The molecule has 4 heteroatoms. The lowest BCUT2D eigenvalue weighted by Crippen LogP contribution is -2.19. The highest BCUT2D eigenvalue weighted by Gasteiger charge is 2.12. The van der Waals surface area contributed by atoms with Gasteiger partial charge in [0, 0.05) is 0 Å². The van der Waals surface area contributed by atoms with Crippen LogP contribution in [-0.4, -0.2) is 15.9 Å². The predicted molar refractivity (Wildman–Crippen MR) is 71.0 cm³/mol. The molecular formula is C14H18N2O2. The van der Waals surface area contributed by atoms with Gasteiger partial charge >= 0.3 is 0 Å². The normalized spacial score (nSPS) is 11.7. The first kappa shape index (κ1) is 12.6. The number of aryl methyl sites for hydroxylation is 1. The van der Waals surface area contributed by atoms with Crippen molar-refractivity contribution in [3.05, 3.63) is 36.0 Å². The number of rotatable bonds is 4. The minimum Gasteiger partial charge on any atom is -0.390 e. The highest BCUT2D eigenvalue weighted by Crippen LogP contribution is 2.25. The zero-order chi connectivity index (χ0) is 13.2. The van der Waals surface area contributed by atoms with E-state index >= 15 is 0 Å². The van der Waals surface area contributed by atoms with Crippen molar-refractivity contribution in [3.8, 4) is 11.1 Å². The second-order valence-electron chi connectivity index (χ2n) is 5.11. The van der Waals surface area contributed by atoms with E-state index in [1.54, 1.807) is 6.20 Å². The van der Waals surface area contributed by atoms with Crippen LogP contribution in [0.15, 0.2) is 35.0 Å². The van der Waals surface area contributed by atoms with E-state index in [2.05, 4.69) is 5.16 Å². The number of nitrogens with zero attached hydrogens (tertiary/aromatic N) is 1. The number of nitrogen functional groups attached to an aromatic ring is 1. The van der Waals surface area contributed by atoms with Crippen LogP contribution in [0.5, 0.6) is 0 Å². The number of aromatic nitrogens is 1. The van der Waals surface area contributed by atoms with Gasteiger partial charge in [-0.25, -0.2) is 0 Å². The second kappa shape index (κ2) is 4.82. The first-order chi connectivity index (χ1) is 8.46. The summed E-state index contributed by atoms with van der Waals surface area (Å²) in [5.74, 6) is 0.333. The molecule has 96 valence electrons. The standard InChI is InChI=1S/C14H18N2O2/c1-14(2,17)8-7-10-3-5-11(6-4-10)12-9-16-18-13(12)15/h3-6,9,17H,7-8,15H2,1-2H3. The largest absolute Gasteiger partial charge is 0.390 e.